The third-order valence-corrected chi connectivity index (χ3v) is 7.24. The van der Waals surface area contributed by atoms with Crippen molar-refractivity contribution in [1.29, 1.82) is 0 Å². The van der Waals surface area contributed by atoms with E-state index in [2.05, 4.69) is 10.2 Å². The first-order valence-electron chi connectivity index (χ1n) is 12.8. The first-order valence-corrected chi connectivity index (χ1v) is 12.8. The summed E-state index contributed by atoms with van der Waals surface area (Å²) in [6.45, 7) is 7.51. The van der Waals surface area contributed by atoms with Crippen molar-refractivity contribution in [2.24, 2.45) is 11.8 Å². The maximum atomic E-state index is 13.5. The van der Waals surface area contributed by atoms with Crippen molar-refractivity contribution in [1.82, 2.24) is 14.5 Å². The third kappa shape index (κ3) is 5.13. The quantitative estimate of drug-likeness (QED) is 0.705. The topological polar surface area (TPSA) is 76.3 Å². The number of benzene rings is 1. The summed E-state index contributed by atoms with van der Waals surface area (Å²) in [5.74, 6) is 0.311. The van der Waals surface area contributed by atoms with E-state index in [1.165, 1.54) is 23.8 Å². The molecule has 1 amide bonds. The fraction of sp³-hybridized carbons (Fsp3) is 0.593. The molecule has 1 aliphatic carbocycles. The van der Waals surface area contributed by atoms with Crippen LogP contribution in [0.25, 0.3) is 5.69 Å². The number of hydrogen-bond acceptors (Lipinski definition) is 4. The number of rotatable bonds is 6. The van der Waals surface area contributed by atoms with Crippen LogP contribution in [0.1, 0.15) is 64.5 Å². The number of amides is 1. The van der Waals surface area contributed by atoms with Gasteiger partial charge < -0.3 is 10.2 Å². The van der Waals surface area contributed by atoms with Gasteiger partial charge in [0, 0.05) is 31.6 Å². The van der Waals surface area contributed by atoms with E-state index in [0.717, 1.165) is 18.5 Å². The Labute approximate surface area is 201 Å². The number of para-hydroxylation sites is 1. The van der Waals surface area contributed by atoms with Crippen LogP contribution in [0.2, 0.25) is 0 Å². The Morgan fingerprint density at radius 3 is 2.26 bits per heavy atom. The maximum absolute atomic E-state index is 13.5. The van der Waals surface area contributed by atoms with Crippen LogP contribution in [0.5, 0.6) is 0 Å². The molecule has 2 aromatic rings. The molecule has 34 heavy (non-hydrogen) atoms. The van der Waals surface area contributed by atoms with Crippen molar-refractivity contribution in [2.75, 3.05) is 18.0 Å². The highest BCUT2D eigenvalue weighted by atomic mass is 16.2. The summed E-state index contributed by atoms with van der Waals surface area (Å²) in [4.78, 5) is 41.8. The summed E-state index contributed by atoms with van der Waals surface area (Å²) in [7, 11) is 0. The summed E-state index contributed by atoms with van der Waals surface area (Å²) in [6, 6.07) is 9.82. The summed E-state index contributed by atoms with van der Waals surface area (Å²) in [6.07, 6.45) is 7.26. The minimum atomic E-state index is -0.298. The van der Waals surface area contributed by atoms with E-state index in [-0.39, 0.29) is 29.0 Å². The Kier molecular flexibility index (Phi) is 7.59. The summed E-state index contributed by atoms with van der Waals surface area (Å²) in [5.41, 5.74) is 1.47. The predicted molar refractivity (Wildman–Crippen MR) is 136 cm³/mol. The standard InChI is InChI=1S/C27H38N4O3/c1-19(2)18-30-26(33)24(20(3)31(27(30)34)23-12-8-5-9-13-23)29-16-14-21(15-17-29)25(32)28-22-10-6-4-7-11-22/h5,8-9,12-13,19,21-22H,4,6-7,10-11,14-18H2,1-3H3,(H,28,32). The largest absolute Gasteiger partial charge is 0.366 e. The molecule has 2 aliphatic rings. The molecule has 7 heteroatoms. The lowest BCUT2D eigenvalue weighted by Gasteiger charge is -2.35. The van der Waals surface area contributed by atoms with Gasteiger partial charge in [0.05, 0.1) is 11.4 Å². The van der Waals surface area contributed by atoms with Gasteiger partial charge in [-0.15, -0.1) is 0 Å². The van der Waals surface area contributed by atoms with Gasteiger partial charge in [0.1, 0.15) is 5.69 Å². The molecule has 0 bridgehead atoms. The molecule has 184 valence electrons. The Morgan fingerprint density at radius 1 is 1.00 bits per heavy atom. The number of carbonyl (C=O) groups is 1. The van der Waals surface area contributed by atoms with Crippen LogP contribution in [0.4, 0.5) is 5.69 Å². The molecule has 0 spiro atoms. The SMILES string of the molecule is Cc1c(N2CCC(C(=O)NC3CCCCC3)CC2)c(=O)n(CC(C)C)c(=O)n1-c1ccccc1. The Morgan fingerprint density at radius 2 is 1.65 bits per heavy atom. The highest BCUT2D eigenvalue weighted by molar-refractivity contribution is 5.79. The van der Waals surface area contributed by atoms with E-state index in [1.807, 2.05) is 51.1 Å². The van der Waals surface area contributed by atoms with Gasteiger partial charge in [-0.2, -0.15) is 0 Å². The number of piperidine rings is 1. The minimum absolute atomic E-state index is 0.0172. The van der Waals surface area contributed by atoms with Crippen LogP contribution in [0.15, 0.2) is 39.9 Å². The average Bonchev–Trinajstić information content (AvgIpc) is 2.83. The van der Waals surface area contributed by atoms with Crippen molar-refractivity contribution in [2.45, 2.75) is 78.3 Å². The average molecular weight is 467 g/mol. The highest BCUT2D eigenvalue weighted by Crippen LogP contribution is 2.25. The first-order chi connectivity index (χ1) is 16.4. The van der Waals surface area contributed by atoms with Gasteiger partial charge in [-0.3, -0.25) is 18.7 Å². The fourth-order valence-electron chi connectivity index (χ4n) is 5.44. The number of anilines is 1. The van der Waals surface area contributed by atoms with Gasteiger partial charge in [-0.25, -0.2) is 4.79 Å². The molecule has 2 fully saturated rings. The van der Waals surface area contributed by atoms with E-state index in [9.17, 15) is 14.4 Å². The van der Waals surface area contributed by atoms with Crippen molar-refractivity contribution in [3.8, 4) is 5.69 Å². The Bertz CT molecular complexity index is 1110. The van der Waals surface area contributed by atoms with Crippen molar-refractivity contribution >= 4 is 11.6 Å². The van der Waals surface area contributed by atoms with E-state index < -0.39 is 0 Å². The lowest BCUT2D eigenvalue weighted by molar-refractivity contribution is -0.126. The Hall–Kier alpha value is -2.83. The number of nitrogens with one attached hydrogen (secondary N) is 1. The molecular formula is C27H38N4O3. The van der Waals surface area contributed by atoms with E-state index in [4.69, 9.17) is 0 Å². The molecule has 1 aromatic heterocycles. The Balaban J connectivity index is 1.60. The van der Waals surface area contributed by atoms with E-state index >= 15 is 0 Å². The van der Waals surface area contributed by atoms with Gasteiger partial charge >= 0.3 is 5.69 Å². The normalized spacial score (nSPS) is 17.8. The zero-order valence-corrected chi connectivity index (χ0v) is 20.8. The maximum Gasteiger partial charge on any atom is 0.335 e. The van der Waals surface area contributed by atoms with E-state index in [0.29, 0.717) is 49.9 Å². The van der Waals surface area contributed by atoms with Crippen LogP contribution in [0.3, 0.4) is 0 Å². The second-order valence-corrected chi connectivity index (χ2v) is 10.3. The molecule has 0 unspecified atom stereocenters. The zero-order valence-electron chi connectivity index (χ0n) is 20.8. The molecular weight excluding hydrogens is 428 g/mol. The van der Waals surface area contributed by atoms with Crippen molar-refractivity contribution in [3.63, 3.8) is 0 Å². The molecule has 1 aromatic carbocycles. The van der Waals surface area contributed by atoms with Gasteiger partial charge in [-0.1, -0.05) is 51.3 Å². The van der Waals surface area contributed by atoms with Gasteiger partial charge in [0.25, 0.3) is 5.56 Å². The number of aromatic nitrogens is 2. The lowest BCUT2D eigenvalue weighted by Crippen LogP contribution is -2.48. The molecule has 0 atom stereocenters. The van der Waals surface area contributed by atoms with Gasteiger partial charge in [0.15, 0.2) is 0 Å². The minimum Gasteiger partial charge on any atom is -0.366 e. The smallest absolute Gasteiger partial charge is 0.335 e. The molecule has 4 rings (SSSR count). The van der Waals surface area contributed by atoms with Crippen LogP contribution < -0.4 is 21.5 Å². The second-order valence-electron chi connectivity index (χ2n) is 10.3. The second kappa shape index (κ2) is 10.6. The summed E-state index contributed by atoms with van der Waals surface area (Å²) in [5, 5.41) is 3.27. The number of nitrogens with zero attached hydrogens (tertiary/aromatic N) is 3. The molecule has 2 heterocycles. The molecule has 0 radical (unpaired) electrons. The molecule has 1 N–H and O–H groups in total. The van der Waals surface area contributed by atoms with E-state index in [1.54, 1.807) is 4.57 Å². The third-order valence-electron chi connectivity index (χ3n) is 7.24. The summed E-state index contributed by atoms with van der Waals surface area (Å²) < 4.78 is 3.03. The molecule has 1 saturated carbocycles. The van der Waals surface area contributed by atoms with Gasteiger partial charge in [-0.05, 0) is 50.7 Å². The summed E-state index contributed by atoms with van der Waals surface area (Å²) >= 11 is 0. The zero-order chi connectivity index (χ0) is 24.2. The highest BCUT2D eigenvalue weighted by Gasteiger charge is 2.30. The molecule has 1 saturated heterocycles. The lowest BCUT2D eigenvalue weighted by atomic mass is 9.92. The molecule has 1 aliphatic heterocycles. The van der Waals surface area contributed by atoms with Crippen molar-refractivity contribution < 1.29 is 4.79 Å². The number of hydrogen-bond donors (Lipinski definition) is 1. The van der Waals surface area contributed by atoms with Crippen LogP contribution in [-0.4, -0.2) is 34.2 Å². The van der Waals surface area contributed by atoms with Crippen LogP contribution in [-0.2, 0) is 11.3 Å². The van der Waals surface area contributed by atoms with Crippen LogP contribution in [0, 0.1) is 18.8 Å². The first kappa shape index (κ1) is 24.3. The fourth-order valence-corrected chi connectivity index (χ4v) is 5.44. The van der Waals surface area contributed by atoms with Gasteiger partial charge in [0.2, 0.25) is 5.91 Å². The predicted octanol–water partition coefficient (Wildman–Crippen LogP) is 3.63. The molecule has 7 nitrogen and oxygen atoms in total. The van der Waals surface area contributed by atoms with Crippen LogP contribution >= 0.6 is 0 Å². The number of carbonyl (C=O) groups excluding carboxylic acids is 1. The van der Waals surface area contributed by atoms with Crippen molar-refractivity contribution in [3.05, 3.63) is 56.9 Å². The monoisotopic (exact) mass is 466 g/mol.